The van der Waals surface area contributed by atoms with Crippen LogP contribution in [0.3, 0.4) is 0 Å². The van der Waals surface area contributed by atoms with Crippen LogP contribution in [0.1, 0.15) is 20.8 Å². The molecule has 1 aliphatic rings. The minimum Gasteiger partial charge on any atom is -0.293 e. The lowest BCUT2D eigenvalue weighted by atomic mass is 9.91. The second-order valence-electron chi connectivity index (χ2n) is 5.06. The first-order valence-electron chi connectivity index (χ1n) is 5.61. The minimum absolute atomic E-state index is 0.0143. The molecule has 0 amide bonds. The van der Waals surface area contributed by atoms with Gasteiger partial charge in [-0.2, -0.15) is 26.3 Å². The van der Waals surface area contributed by atoms with E-state index in [4.69, 9.17) is 0 Å². The van der Waals surface area contributed by atoms with Crippen LogP contribution in [0.4, 0.5) is 43.9 Å². The van der Waals surface area contributed by atoms with Crippen LogP contribution in [0.15, 0.2) is 0 Å². The predicted molar refractivity (Wildman–Crippen MR) is 50.1 cm³/mol. The molecule has 132 valence electrons. The van der Waals surface area contributed by atoms with E-state index in [1.54, 1.807) is 0 Å². The maximum atomic E-state index is 14.3. The number of hydrogen-bond acceptors (Lipinski definition) is 2. The lowest BCUT2D eigenvalue weighted by Gasteiger charge is -2.35. The van der Waals surface area contributed by atoms with Crippen molar-refractivity contribution >= 4 is 0 Å². The standard InChI is InChI=1S/C10H10F10O2/c1-4(5(2,11)12)7(14)6(3,13)21-8(22-7,9(15,16)17)10(18,19)20/h4H,1-3H3. The largest absolute Gasteiger partial charge is 0.453 e. The average molecular weight is 352 g/mol. The first-order valence-corrected chi connectivity index (χ1v) is 5.61. The van der Waals surface area contributed by atoms with Gasteiger partial charge in [-0.25, -0.2) is 17.6 Å². The summed E-state index contributed by atoms with van der Waals surface area (Å²) >= 11 is 0. The highest BCUT2D eigenvalue weighted by Gasteiger charge is 2.86. The van der Waals surface area contributed by atoms with Crippen molar-refractivity contribution < 1.29 is 53.4 Å². The van der Waals surface area contributed by atoms with Crippen molar-refractivity contribution in [3.05, 3.63) is 0 Å². The van der Waals surface area contributed by atoms with Crippen LogP contribution < -0.4 is 0 Å². The first-order chi connectivity index (χ1) is 9.32. The van der Waals surface area contributed by atoms with E-state index in [9.17, 15) is 43.9 Å². The highest BCUT2D eigenvalue weighted by molar-refractivity contribution is 5.05. The van der Waals surface area contributed by atoms with Crippen molar-refractivity contribution in [3.8, 4) is 0 Å². The second-order valence-corrected chi connectivity index (χ2v) is 5.06. The molecule has 0 aromatic carbocycles. The van der Waals surface area contributed by atoms with Crippen molar-refractivity contribution in [2.24, 2.45) is 5.92 Å². The van der Waals surface area contributed by atoms with Gasteiger partial charge in [0.05, 0.1) is 5.92 Å². The third kappa shape index (κ3) is 2.53. The molecule has 0 radical (unpaired) electrons. The van der Waals surface area contributed by atoms with E-state index < -0.39 is 41.7 Å². The van der Waals surface area contributed by atoms with Crippen LogP contribution in [0, 0.1) is 5.92 Å². The molecule has 12 heteroatoms. The maximum absolute atomic E-state index is 14.3. The van der Waals surface area contributed by atoms with E-state index in [2.05, 4.69) is 9.47 Å². The average Bonchev–Trinajstić information content (AvgIpc) is 2.44. The van der Waals surface area contributed by atoms with Gasteiger partial charge in [-0.15, -0.1) is 0 Å². The Hall–Kier alpha value is -0.780. The molecule has 2 nitrogen and oxygen atoms in total. The summed E-state index contributed by atoms with van der Waals surface area (Å²) in [6.07, 6.45) is -12.9. The molecule has 22 heavy (non-hydrogen) atoms. The molecule has 0 aromatic heterocycles. The Morgan fingerprint density at radius 1 is 0.818 bits per heavy atom. The summed E-state index contributed by atoms with van der Waals surface area (Å²) in [7, 11) is 0. The highest BCUT2D eigenvalue weighted by Crippen LogP contribution is 2.61. The van der Waals surface area contributed by atoms with Crippen LogP contribution in [-0.4, -0.2) is 35.8 Å². The number of halogens is 10. The van der Waals surface area contributed by atoms with E-state index in [0.29, 0.717) is 0 Å². The van der Waals surface area contributed by atoms with Gasteiger partial charge >= 0.3 is 18.1 Å². The van der Waals surface area contributed by atoms with Crippen LogP contribution in [0.2, 0.25) is 0 Å². The quantitative estimate of drug-likeness (QED) is 0.682. The van der Waals surface area contributed by atoms with Gasteiger partial charge in [0.25, 0.3) is 17.6 Å². The predicted octanol–water partition coefficient (Wildman–Crippen LogP) is 4.50. The molecule has 1 fully saturated rings. The number of hydrogen-bond donors (Lipinski definition) is 0. The molecular weight excluding hydrogens is 342 g/mol. The van der Waals surface area contributed by atoms with Gasteiger partial charge in [0.2, 0.25) is 0 Å². The van der Waals surface area contributed by atoms with Crippen LogP contribution in [0.5, 0.6) is 0 Å². The zero-order chi connectivity index (χ0) is 18.0. The van der Waals surface area contributed by atoms with Gasteiger partial charge in [0.15, 0.2) is 0 Å². The van der Waals surface area contributed by atoms with Crippen molar-refractivity contribution in [2.75, 3.05) is 0 Å². The number of alkyl halides is 10. The molecule has 0 bridgehead atoms. The Kier molecular flexibility index (Phi) is 4.04. The van der Waals surface area contributed by atoms with Gasteiger partial charge in [-0.3, -0.25) is 9.47 Å². The van der Waals surface area contributed by atoms with Crippen molar-refractivity contribution in [1.29, 1.82) is 0 Å². The van der Waals surface area contributed by atoms with Gasteiger partial charge in [0.1, 0.15) is 0 Å². The van der Waals surface area contributed by atoms with Crippen LogP contribution in [0.25, 0.3) is 0 Å². The van der Waals surface area contributed by atoms with Crippen LogP contribution >= 0.6 is 0 Å². The summed E-state index contributed by atoms with van der Waals surface area (Å²) < 4.78 is 137. The molecule has 1 rings (SSSR count). The number of ether oxygens (including phenoxy) is 2. The topological polar surface area (TPSA) is 18.5 Å². The summed E-state index contributed by atoms with van der Waals surface area (Å²) in [5.41, 5.74) is 0. The molecule has 1 heterocycles. The molecule has 0 N–H and O–H groups in total. The summed E-state index contributed by atoms with van der Waals surface area (Å²) in [6.45, 7) is -0.00188. The third-order valence-corrected chi connectivity index (χ3v) is 3.30. The molecule has 0 aliphatic carbocycles. The van der Waals surface area contributed by atoms with Crippen molar-refractivity contribution in [1.82, 2.24) is 0 Å². The SMILES string of the molecule is CC(C(C)(F)F)C1(F)OC(C(F)(F)F)(C(F)(F)F)OC1(C)F. The van der Waals surface area contributed by atoms with Gasteiger partial charge < -0.3 is 0 Å². The Morgan fingerprint density at radius 2 is 1.18 bits per heavy atom. The third-order valence-electron chi connectivity index (χ3n) is 3.30. The van der Waals surface area contributed by atoms with Crippen LogP contribution in [-0.2, 0) is 9.47 Å². The Labute approximate surface area is 117 Å². The fraction of sp³-hybridized carbons (Fsp3) is 1.00. The maximum Gasteiger partial charge on any atom is 0.453 e. The molecule has 0 spiro atoms. The number of rotatable bonds is 2. The molecule has 1 saturated heterocycles. The zero-order valence-electron chi connectivity index (χ0n) is 11.2. The summed E-state index contributed by atoms with van der Waals surface area (Å²) in [5, 5.41) is 0. The van der Waals surface area contributed by atoms with E-state index in [1.807, 2.05) is 0 Å². The van der Waals surface area contributed by atoms with Gasteiger partial charge in [-0.1, -0.05) is 6.92 Å². The molecule has 0 aromatic rings. The van der Waals surface area contributed by atoms with E-state index >= 15 is 0 Å². The second kappa shape index (κ2) is 4.62. The van der Waals surface area contributed by atoms with Gasteiger partial charge in [0, 0.05) is 6.92 Å². The smallest absolute Gasteiger partial charge is 0.293 e. The summed E-state index contributed by atoms with van der Waals surface area (Å²) in [6, 6.07) is 0. The Balaban J connectivity index is 3.51. The minimum atomic E-state index is -6.46. The van der Waals surface area contributed by atoms with E-state index in [-0.39, 0.29) is 20.8 Å². The first kappa shape index (κ1) is 19.3. The highest BCUT2D eigenvalue weighted by atomic mass is 19.4. The normalized spacial score (nSPS) is 34.8. The van der Waals surface area contributed by atoms with Crippen molar-refractivity contribution in [3.63, 3.8) is 0 Å². The summed E-state index contributed by atoms with van der Waals surface area (Å²) in [4.78, 5) is 0. The molecule has 1 aliphatic heterocycles. The molecule has 3 atom stereocenters. The monoisotopic (exact) mass is 352 g/mol. The molecule has 0 saturated carbocycles. The molecule has 3 unspecified atom stereocenters. The zero-order valence-corrected chi connectivity index (χ0v) is 11.2. The lowest BCUT2D eigenvalue weighted by Crippen LogP contribution is -2.59. The van der Waals surface area contributed by atoms with E-state index in [0.717, 1.165) is 0 Å². The fourth-order valence-corrected chi connectivity index (χ4v) is 1.85. The van der Waals surface area contributed by atoms with Gasteiger partial charge in [-0.05, 0) is 6.92 Å². The fourth-order valence-electron chi connectivity index (χ4n) is 1.85. The molecular formula is C10H10F10O2. The Morgan fingerprint density at radius 3 is 1.41 bits per heavy atom. The summed E-state index contributed by atoms with van der Waals surface area (Å²) in [5.74, 6) is -22.0. The van der Waals surface area contributed by atoms with Crippen molar-refractivity contribution in [2.45, 2.75) is 56.5 Å². The Bertz CT molecular complexity index is 420. The lowest BCUT2D eigenvalue weighted by molar-refractivity contribution is -0.460. The van der Waals surface area contributed by atoms with E-state index in [1.165, 1.54) is 0 Å².